The monoisotopic (exact) mass is 245 g/mol. The van der Waals surface area contributed by atoms with Crippen molar-refractivity contribution in [2.45, 2.75) is 78.7 Å². The zero-order valence-electron chi connectivity index (χ0n) is 12.0. The van der Waals surface area contributed by atoms with Crippen molar-refractivity contribution in [3.63, 3.8) is 0 Å². The van der Waals surface area contributed by atoms with E-state index in [2.05, 4.69) is 13.8 Å². The fraction of sp³-hybridized carbons (Fsp3) is 1.00. The summed E-state index contributed by atoms with van der Waals surface area (Å²) in [5, 5.41) is 19.9. The van der Waals surface area contributed by atoms with Gasteiger partial charge in [0.1, 0.15) is 12.5 Å². The normalized spacial score (nSPS) is 17.1. The molecule has 0 saturated heterocycles. The first-order valence-electron chi connectivity index (χ1n) is 7.22. The van der Waals surface area contributed by atoms with E-state index in [1.165, 1.54) is 19.3 Å². The third kappa shape index (κ3) is 6.39. The summed E-state index contributed by atoms with van der Waals surface area (Å²) in [5.41, 5.74) is 0. The first-order valence-corrected chi connectivity index (χ1v) is 7.22. The van der Waals surface area contributed by atoms with Crippen LogP contribution in [0.4, 0.5) is 0 Å². The minimum atomic E-state index is -0.513. The van der Waals surface area contributed by atoms with E-state index in [9.17, 15) is 10.2 Å². The molecule has 0 aliphatic rings. The van der Waals surface area contributed by atoms with Crippen molar-refractivity contribution in [3.05, 3.63) is 0 Å². The van der Waals surface area contributed by atoms with Crippen molar-refractivity contribution in [1.29, 1.82) is 0 Å². The number of aliphatic hydroxyl groups is 2. The van der Waals surface area contributed by atoms with Gasteiger partial charge < -0.3 is 10.2 Å². The standard InChI is InChI=1S/C14H31NO2/c1-5-9-10-12(6-2)11-15(13(16)7-3)14(17)8-4/h12-14,16-17H,5-11H2,1-4H3. The van der Waals surface area contributed by atoms with Crippen molar-refractivity contribution in [3.8, 4) is 0 Å². The average Bonchev–Trinajstić information content (AvgIpc) is 2.37. The maximum atomic E-state index is 9.95. The van der Waals surface area contributed by atoms with Crippen molar-refractivity contribution < 1.29 is 10.2 Å². The Kier molecular flexibility index (Phi) is 9.79. The summed E-state index contributed by atoms with van der Waals surface area (Å²) < 4.78 is 0. The molecule has 3 nitrogen and oxygen atoms in total. The van der Waals surface area contributed by atoms with Gasteiger partial charge in [0.2, 0.25) is 0 Å². The molecule has 17 heavy (non-hydrogen) atoms. The Labute approximate surface area is 107 Å². The Hall–Kier alpha value is -0.120. The van der Waals surface area contributed by atoms with Gasteiger partial charge in [0.15, 0.2) is 0 Å². The fourth-order valence-electron chi connectivity index (χ4n) is 2.13. The van der Waals surface area contributed by atoms with Gasteiger partial charge in [-0.05, 0) is 25.2 Å². The molecule has 0 aromatic heterocycles. The molecular weight excluding hydrogens is 214 g/mol. The highest BCUT2D eigenvalue weighted by molar-refractivity contribution is 4.69. The SMILES string of the molecule is CCCCC(CC)CN(C(O)CC)C(O)CC. The van der Waals surface area contributed by atoms with Gasteiger partial charge in [0.05, 0.1) is 0 Å². The summed E-state index contributed by atoms with van der Waals surface area (Å²) in [5.74, 6) is 0.581. The van der Waals surface area contributed by atoms with Crippen LogP contribution in [0.15, 0.2) is 0 Å². The third-order valence-electron chi connectivity index (χ3n) is 3.51. The molecule has 3 heteroatoms. The molecule has 0 spiro atoms. The highest BCUT2D eigenvalue weighted by atomic mass is 16.3. The molecule has 0 radical (unpaired) electrons. The molecule has 3 atom stereocenters. The van der Waals surface area contributed by atoms with Crippen LogP contribution in [0.25, 0.3) is 0 Å². The second kappa shape index (κ2) is 9.86. The zero-order chi connectivity index (χ0) is 13.3. The van der Waals surface area contributed by atoms with Crippen molar-refractivity contribution >= 4 is 0 Å². The van der Waals surface area contributed by atoms with Crippen LogP contribution in [0, 0.1) is 5.92 Å². The first-order chi connectivity index (χ1) is 8.10. The lowest BCUT2D eigenvalue weighted by molar-refractivity contribution is -0.111. The minimum Gasteiger partial charge on any atom is -0.378 e. The van der Waals surface area contributed by atoms with Gasteiger partial charge >= 0.3 is 0 Å². The average molecular weight is 245 g/mol. The summed E-state index contributed by atoms with van der Waals surface area (Å²) in [6.45, 7) is 9.10. The minimum absolute atomic E-state index is 0.513. The van der Waals surface area contributed by atoms with E-state index in [0.717, 1.165) is 13.0 Å². The van der Waals surface area contributed by atoms with E-state index in [0.29, 0.717) is 18.8 Å². The van der Waals surface area contributed by atoms with E-state index in [1.54, 1.807) is 0 Å². The summed E-state index contributed by atoms with van der Waals surface area (Å²) >= 11 is 0. The smallest absolute Gasteiger partial charge is 0.109 e. The highest BCUT2D eigenvalue weighted by Gasteiger charge is 2.23. The van der Waals surface area contributed by atoms with Gasteiger partial charge in [-0.1, -0.05) is 47.0 Å². The van der Waals surface area contributed by atoms with Crippen molar-refractivity contribution in [1.82, 2.24) is 4.90 Å². The molecule has 0 saturated carbocycles. The van der Waals surface area contributed by atoms with Crippen LogP contribution >= 0.6 is 0 Å². The van der Waals surface area contributed by atoms with Crippen LogP contribution in [-0.2, 0) is 0 Å². The lowest BCUT2D eigenvalue weighted by Gasteiger charge is -2.34. The van der Waals surface area contributed by atoms with E-state index in [-0.39, 0.29) is 0 Å². The van der Waals surface area contributed by atoms with E-state index in [4.69, 9.17) is 0 Å². The Morgan fingerprint density at radius 3 is 1.76 bits per heavy atom. The van der Waals surface area contributed by atoms with Crippen LogP contribution in [0.1, 0.15) is 66.2 Å². The second-order valence-electron chi connectivity index (χ2n) is 4.89. The van der Waals surface area contributed by atoms with Gasteiger partial charge in [-0.2, -0.15) is 0 Å². The number of unbranched alkanes of at least 4 members (excludes halogenated alkanes) is 1. The van der Waals surface area contributed by atoms with Gasteiger partial charge in [-0.15, -0.1) is 0 Å². The van der Waals surface area contributed by atoms with Gasteiger partial charge in [0.25, 0.3) is 0 Å². The molecule has 0 aliphatic carbocycles. The molecule has 0 aromatic carbocycles. The van der Waals surface area contributed by atoms with E-state index >= 15 is 0 Å². The van der Waals surface area contributed by atoms with Gasteiger partial charge in [0, 0.05) is 6.54 Å². The number of hydrogen-bond donors (Lipinski definition) is 2. The van der Waals surface area contributed by atoms with Crippen LogP contribution in [0.3, 0.4) is 0 Å². The maximum absolute atomic E-state index is 9.95. The molecule has 0 rings (SSSR count). The van der Waals surface area contributed by atoms with Crippen LogP contribution in [0.2, 0.25) is 0 Å². The number of rotatable bonds is 10. The summed E-state index contributed by atoms with van der Waals surface area (Å²) in [7, 11) is 0. The molecule has 0 aromatic rings. The van der Waals surface area contributed by atoms with Crippen molar-refractivity contribution in [2.24, 2.45) is 5.92 Å². The number of aliphatic hydroxyl groups excluding tert-OH is 2. The lowest BCUT2D eigenvalue weighted by Crippen LogP contribution is -2.45. The molecule has 0 bridgehead atoms. The number of nitrogens with zero attached hydrogens (tertiary/aromatic N) is 1. The zero-order valence-corrected chi connectivity index (χ0v) is 12.0. The molecular formula is C14H31NO2. The largest absolute Gasteiger partial charge is 0.378 e. The summed E-state index contributed by atoms with van der Waals surface area (Å²) in [4.78, 5) is 1.85. The number of hydrogen-bond acceptors (Lipinski definition) is 3. The lowest BCUT2D eigenvalue weighted by atomic mass is 9.98. The maximum Gasteiger partial charge on any atom is 0.109 e. The highest BCUT2D eigenvalue weighted by Crippen LogP contribution is 2.18. The molecule has 0 aliphatic heterocycles. The van der Waals surface area contributed by atoms with Crippen LogP contribution in [0.5, 0.6) is 0 Å². The van der Waals surface area contributed by atoms with Crippen LogP contribution in [-0.4, -0.2) is 34.1 Å². The predicted molar refractivity (Wildman–Crippen MR) is 72.6 cm³/mol. The third-order valence-corrected chi connectivity index (χ3v) is 3.51. The second-order valence-corrected chi connectivity index (χ2v) is 4.89. The van der Waals surface area contributed by atoms with Crippen molar-refractivity contribution in [2.75, 3.05) is 6.54 Å². The molecule has 2 N–H and O–H groups in total. The summed E-state index contributed by atoms with van der Waals surface area (Å²) in [6, 6.07) is 0. The fourth-order valence-corrected chi connectivity index (χ4v) is 2.13. The topological polar surface area (TPSA) is 43.7 Å². The Morgan fingerprint density at radius 2 is 1.41 bits per heavy atom. The molecule has 104 valence electrons. The Bertz CT molecular complexity index is 166. The van der Waals surface area contributed by atoms with E-state index < -0.39 is 12.5 Å². The first kappa shape index (κ1) is 16.9. The molecule has 0 fully saturated rings. The van der Waals surface area contributed by atoms with Crippen LogP contribution < -0.4 is 0 Å². The molecule has 0 amide bonds. The molecule has 0 heterocycles. The predicted octanol–water partition coefficient (Wildman–Crippen LogP) is 2.96. The van der Waals surface area contributed by atoms with Gasteiger partial charge in [-0.3, -0.25) is 4.90 Å². The molecule has 3 unspecified atom stereocenters. The Morgan fingerprint density at radius 1 is 0.882 bits per heavy atom. The quantitative estimate of drug-likeness (QED) is 0.582. The van der Waals surface area contributed by atoms with Gasteiger partial charge in [-0.25, -0.2) is 0 Å². The van der Waals surface area contributed by atoms with E-state index in [1.807, 2.05) is 18.7 Å². The Balaban J connectivity index is 4.37. The summed E-state index contributed by atoms with van der Waals surface area (Å²) in [6.07, 6.45) is 5.06.